The summed E-state index contributed by atoms with van der Waals surface area (Å²) in [5, 5.41) is 17.4. The fourth-order valence-corrected chi connectivity index (χ4v) is 3.00. The molecule has 0 spiro atoms. The number of nitriles is 1. The van der Waals surface area contributed by atoms with Crippen LogP contribution in [0.5, 0.6) is 0 Å². The van der Waals surface area contributed by atoms with Crippen LogP contribution in [0.25, 0.3) is 0 Å². The summed E-state index contributed by atoms with van der Waals surface area (Å²) in [7, 11) is 0. The van der Waals surface area contributed by atoms with Crippen LogP contribution >= 0.6 is 0 Å². The molecule has 2 unspecified atom stereocenters. The van der Waals surface area contributed by atoms with E-state index in [1.165, 1.54) is 0 Å². The maximum Gasteiger partial charge on any atom is 0.318 e. The van der Waals surface area contributed by atoms with E-state index in [2.05, 4.69) is 16.0 Å². The van der Waals surface area contributed by atoms with Crippen LogP contribution in [0.3, 0.4) is 0 Å². The van der Waals surface area contributed by atoms with Crippen molar-refractivity contribution in [1.29, 1.82) is 5.26 Å². The minimum atomic E-state index is -1.27. The summed E-state index contributed by atoms with van der Waals surface area (Å²) >= 11 is 0. The van der Waals surface area contributed by atoms with Crippen LogP contribution in [-0.4, -0.2) is 67.2 Å². The highest BCUT2D eigenvalue weighted by molar-refractivity contribution is 5.89. The van der Waals surface area contributed by atoms with Gasteiger partial charge in [0.15, 0.2) is 5.54 Å². The van der Waals surface area contributed by atoms with Crippen molar-refractivity contribution in [3.8, 4) is 6.07 Å². The molecule has 9 nitrogen and oxygen atoms in total. The second-order valence-corrected chi connectivity index (χ2v) is 8.00. The zero-order valence-electron chi connectivity index (χ0n) is 15.6. The van der Waals surface area contributed by atoms with Crippen LogP contribution in [0.1, 0.15) is 33.6 Å². The summed E-state index contributed by atoms with van der Waals surface area (Å²) in [4.78, 5) is 38.4. The Labute approximate surface area is 153 Å². The highest BCUT2D eigenvalue weighted by Crippen LogP contribution is 2.22. The van der Waals surface area contributed by atoms with Crippen LogP contribution in [-0.2, 0) is 14.3 Å². The van der Waals surface area contributed by atoms with Gasteiger partial charge in [0, 0.05) is 13.1 Å². The molecule has 2 aliphatic heterocycles. The number of amides is 4. The van der Waals surface area contributed by atoms with Crippen molar-refractivity contribution >= 4 is 17.8 Å². The molecule has 26 heavy (non-hydrogen) atoms. The van der Waals surface area contributed by atoms with E-state index in [1.54, 1.807) is 4.90 Å². The molecule has 2 saturated heterocycles. The summed E-state index contributed by atoms with van der Waals surface area (Å²) in [6, 6.07) is 0.889. The van der Waals surface area contributed by atoms with Crippen molar-refractivity contribution in [2.45, 2.75) is 45.2 Å². The van der Waals surface area contributed by atoms with E-state index in [1.807, 2.05) is 26.8 Å². The fraction of sp³-hybridized carbons (Fsp3) is 0.765. The van der Waals surface area contributed by atoms with Crippen LogP contribution in [0.15, 0.2) is 0 Å². The topological polar surface area (TPSA) is 124 Å². The van der Waals surface area contributed by atoms with E-state index in [9.17, 15) is 19.6 Å². The van der Waals surface area contributed by atoms with Gasteiger partial charge in [0.1, 0.15) is 6.04 Å². The normalized spacial score (nSPS) is 24.4. The zero-order chi connectivity index (χ0) is 19.4. The number of urea groups is 1. The molecule has 0 saturated carbocycles. The molecule has 0 aromatic heterocycles. The molecule has 4 amide bonds. The highest BCUT2D eigenvalue weighted by Gasteiger charge is 2.42. The van der Waals surface area contributed by atoms with Gasteiger partial charge in [0.25, 0.3) is 0 Å². The molecule has 0 bridgehead atoms. The lowest BCUT2D eigenvalue weighted by atomic mass is 9.87. The minimum Gasteiger partial charge on any atom is -0.378 e. The number of hydrogen-bond acceptors (Lipinski definition) is 5. The summed E-state index contributed by atoms with van der Waals surface area (Å²) in [6.07, 6.45) is 0.312. The Balaban J connectivity index is 2.07. The van der Waals surface area contributed by atoms with Crippen molar-refractivity contribution in [2.75, 3.05) is 32.8 Å². The van der Waals surface area contributed by atoms with Crippen molar-refractivity contribution < 1.29 is 19.1 Å². The second kappa shape index (κ2) is 7.91. The maximum absolute atomic E-state index is 12.8. The molecule has 2 rings (SSSR count). The summed E-state index contributed by atoms with van der Waals surface area (Å²) in [5.74, 6) is -0.740. The first-order valence-electron chi connectivity index (χ1n) is 8.77. The van der Waals surface area contributed by atoms with Gasteiger partial charge >= 0.3 is 6.03 Å². The van der Waals surface area contributed by atoms with E-state index < -0.39 is 17.5 Å². The van der Waals surface area contributed by atoms with Crippen molar-refractivity contribution in [3.05, 3.63) is 0 Å². The third kappa shape index (κ3) is 5.33. The Kier molecular flexibility index (Phi) is 6.08. The van der Waals surface area contributed by atoms with Gasteiger partial charge in [-0.25, -0.2) is 4.79 Å². The highest BCUT2D eigenvalue weighted by atomic mass is 16.5. The van der Waals surface area contributed by atoms with Crippen molar-refractivity contribution in [2.24, 2.45) is 5.41 Å². The average molecular weight is 365 g/mol. The van der Waals surface area contributed by atoms with Gasteiger partial charge in [-0.15, -0.1) is 0 Å². The molecule has 0 aromatic rings. The van der Waals surface area contributed by atoms with E-state index in [0.29, 0.717) is 32.7 Å². The van der Waals surface area contributed by atoms with Crippen molar-refractivity contribution in [1.82, 2.24) is 20.9 Å². The van der Waals surface area contributed by atoms with Gasteiger partial charge in [-0.3, -0.25) is 9.59 Å². The number of nitrogens with one attached hydrogen (secondary N) is 3. The number of carbonyl (C=O) groups is 3. The average Bonchev–Trinajstić information content (AvgIpc) is 2.95. The molecule has 3 N–H and O–H groups in total. The van der Waals surface area contributed by atoms with Crippen molar-refractivity contribution in [3.63, 3.8) is 0 Å². The molecule has 0 radical (unpaired) electrons. The van der Waals surface area contributed by atoms with Crippen LogP contribution in [0.2, 0.25) is 0 Å². The standard InChI is InChI=1S/C17H27N5O4/c1-16(2,3)8-12(20-15(25)22-4-6-26-7-5-22)14(24)21-17(10-18)9-13(23)19-11-17/h12H,4-9,11H2,1-3H3,(H,19,23)(H,20,25)(H,21,24). The van der Waals surface area contributed by atoms with Gasteiger partial charge in [-0.05, 0) is 11.8 Å². The number of nitrogens with zero attached hydrogens (tertiary/aromatic N) is 2. The number of carbonyl (C=O) groups excluding carboxylic acids is 3. The zero-order valence-corrected chi connectivity index (χ0v) is 15.6. The maximum atomic E-state index is 12.8. The first-order valence-corrected chi connectivity index (χ1v) is 8.77. The lowest BCUT2D eigenvalue weighted by Gasteiger charge is -2.32. The number of rotatable bonds is 4. The fourth-order valence-electron chi connectivity index (χ4n) is 3.00. The van der Waals surface area contributed by atoms with E-state index in [0.717, 1.165) is 0 Å². The molecule has 0 aromatic carbocycles. The first-order chi connectivity index (χ1) is 12.1. The number of hydrogen-bond donors (Lipinski definition) is 3. The Bertz CT molecular complexity index is 603. The second-order valence-electron chi connectivity index (χ2n) is 8.00. The molecule has 2 heterocycles. The van der Waals surface area contributed by atoms with Gasteiger partial charge < -0.3 is 25.6 Å². The lowest BCUT2D eigenvalue weighted by molar-refractivity contribution is -0.125. The molecule has 9 heteroatoms. The molecule has 2 atom stereocenters. The van der Waals surface area contributed by atoms with E-state index in [4.69, 9.17) is 4.74 Å². The quantitative estimate of drug-likeness (QED) is 0.633. The van der Waals surface area contributed by atoms with Crippen LogP contribution < -0.4 is 16.0 Å². The van der Waals surface area contributed by atoms with Gasteiger partial charge in [0.05, 0.1) is 32.2 Å². The number of morpholine rings is 1. The molecule has 144 valence electrons. The number of ether oxygens (including phenoxy) is 1. The predicted octanol–water partition coefficient (Wildman–Crippen LogP) is -0.269. The molecule has 0 aliphatic carbocycles. The summed E-state index contributed by atoms with van der Waals surface area (Å²) < 4.78 is 5.23. The Morgan fingerprint density at radius 3 is 2.54 bits per heavy atom. The monoisotopic (exact) mass is 365 g/mol. The predicted molar refractivity (Wildman–Crippen MR) is 92.9 cm³/mol. The molecule has 2 fully saturated rings. The molecular weight excluding hydrogens is 338 g/mol. The Morgan fingerprint density at radius 1 is 1.38 bits per heavy atom. The summed E-state index contributed by atoms with van der Waals surface area (Å²) in [6.45, 7) is 7.84. The molecular formula is C17H27N5O4. The third-order valence-electron chi connectivity index (χ3n) is 4.36. The van der Waals surface area contributed by atoms with Gasteiger partial charge in [0.2, 0.25) is 11.8 Å². The first kappa shape index (κ1) is 20.0. The minimum absolute atomic E-state index is 0.0632. The smallest absolute Gasteiger partial charge is 0.318 e. The Hall–Kier alpha value is -2.34. The SMILES string of the molecule is CC(C)(C)CC(NC(=O)N1CCOCC1)C(=O)NC1(C#N)CNC(=O)C1. The van der Waals surface area contributed by atoms with E-state index in [-0.39, 0.29) is 30.3 Å². The largest absolute Gasteiger partial charge is 0.378 e. The van der Waals surface area contributed by atoms with Gasteiger partial charge in [-0.2, -0.15) is 5.26 Å². The summed E-state index contributed by atoms with van der Waals surface area (Å²) in [5.41, 5.74) is -1.49. The lowest BCUT2D eigenvalue weighted by Crippen LogP contribution is -2.58. The van der Waals surface area contributed by atoms with Gasteiger partial charge in [-0.1, -0.05) is 20.8 Å². The van der Waals surface area contributed by atoms with Crippen LogP contribution in [0.4, 0.5) is 4.79 Å². The van der Waals surface area contributed by atoms with E-state index >= 15 is 0 Å². The molecule has 2 aliphatic rings. The Morgan fingerprint density at radius 2 is 2.04 bits per heavy atom. The van der Waals surface area contributed by atoms with Crippen LogP contribution in [0, 0.1) is 16.7 Å². The third-order valence-corrected chi connectivity index (χ3v) is 4.36.